The van der Waals surface area contributed by atoms with Crippen molar-refractivity contribution in [3.8, 4) is 11.4 Å². The fourth-order valence-electron chi connectivity index (χ4n) is 1.97. The van der Waals surface area contributed by atoms with Gasteiger partial charge in [-0.05, 0) is 30.7 Å². The number of imidazole rings is 1. The number of nitrogens with one attached hydrogen (secondary N) is 1. The van der Waals surface area contributed by atoms with Crippen LogP contribution in [0.15, 0.2) is 35.1 Å². The summed E-state index contributed by atoms with van der Waals surface area (Å²) in [6.45, 7) is 2.01. The predicted molar refractivity (Wildman–Crippen MR) is 76.2 cm³/mol. The molecule has 90 valence electrons. The van der Waals surface area contributed by atoms with Crippen LogP contribution in [-0.4, -0.2) is 15.0 Å². The molecule has 3 aromatic rings. The average Bonchev–Trinajstić information content (AvgIpc) is 2.73. The van der Waals surface area contributed by atoms with Crippen molar-refractivity contribution < 1.29 is 0 Å². The standard InChI is InChI=1S/C13H11BrN4/c1-7-6-16-3-2-9(7)13-17-11-5-8(14)4-10(15)12(11)18-13/h2-6H,15H2,1H3,(H,17,18). The third-order valence-electron chi connectivity index (χ3n) is 2.86. The number of aryl methyl sites for hydroxylation is 1. The molecular weight excluding hydrogens is 292 g/mol. The van der Waals surface area contributed by atoms with Crippen LogP contribution in [0.1, 0.15) is 5.56 Å². The molecule has 3 rings (SSSR count). The van der Waals surface area contributed by atoms with Gasteiger partial charge < -0.3 is 10.7 Å². The van der Waals surface area contributed by atoms with E-state index in [0.29, 0.717) is 5.69 Å². The van der Waals surface area contributed by atoms with Gasteiger partial charge in [0.15, 0.2) is 0 Å². The second-order valence-electron chi connectivity index (χ2n) is 4.17. The molecule has 0 spiro atoms. The number of hydrogen-bond acceptors (Lipinski definition) is 3. The van der Waals surface area contributed by atoms with Crippen LogP contribution >= 0.6 is 15.9 Å². The lowest BCUT2D eigenvalue weighted by atomic mass is 10.1. The molecule has 5 heteroatoms. The summed E-state index contributed by atoms with van der Waals surface area (Å²) in [5, 5.41) is 0. The molecule has 0 aliphatic carbocycles. The van der Waals surface area contributed by atoms with Crippen LogP contribution in [0, 0.1) is 6.92 Å². The zero-order chi connectivity index (χ0) is 12.7. The van der Waals surface area contributed by atoms with Gasteiger partial charge in [-0.15, -0.1) is 0 Å². The molecule has 1 aromatic carbocycles. The van der Waals surface area contributed by atoms with E-state index in [2.05, 4.69) is 30.9 Å². The zero-order valence-electron chi connectivity index (χ0n) is 9.74. The van der Waals surface area contributed by atoms with Gasteiger partial charge in [0, 0.05) is 22.4 Å². The molecular formula is C13H11BrN4. The molecule has 2 heterocycles. The molecule has 0 saturated heterocycles. The Hall–Kier alpha value is -1.88. The number of hydrogen-bond donors (Lipinski definition) is 2. The monoisotopic (exact) mass is 302 g/mol. The SMILES string of the molecule is Cc1cnccc1-c1nc2c(N)cc(Br)cc2[nH]1. The molecule has 3 N–H and O–H groups in total. The summed E-state index contributed by atoms with van der Waals surface area (Å²) in [5.74, 6) is 0.815. The molecule has 4 nitrogen and oxygen atoms in total. The summed E-state index contributed by atoms with van der Waals surface area (Å²) in [6.07, 6.45) is 3.58. The van der Waals surface area contributed by atoms with Crippen LogP contribution in [0.5, 0.6) is 0 Å². The van der Waals surface area contributed by atoms with E-state index < -0.39 is 0 Å². The number of anilines is 1. The molecule has 0 bridgehead atoms. The average molecular weight is 303 g/mol. The third kappa shape index (κ3) is 1.76. The van der Waals surface area contributed by atoms with Crippen LogP contribution in [0.3, 0.4) is 0 Å². The van der Waals surface area contributed by atoms with Crippen molar-refractivity contribution in [3.63, 3.8) is 0 Å². The predicted octanol–water partition coefficient (Wildman–Crippen LogP) is 3.28. The van der Waals surface area contributed by atoms with Crippen LogP contribution < -0.4 is 5.73 Å². The Morgan fingerprint density at radius 3 is 2.94 bits per heavy atom. The topological polar surface area (TPSA) is 67.6 Å². The summed E-state index contributed by atoms with van der Waals surface area (Å²) < 4.78 is 0.939. The lowest BCUT2D eigenvalue weighted by molar-refractivity contribution is 1.23. The molecule has 0 aliphatic heterocycles. The van der Waals surface area contributed by atoms with E-state index in [-0.39, 0.29) is 0 Å². The van der Waals surface area contributed by atoms with E-state index in [1.165, 1.54) is 0 Å². The van der Waals surface area contributed by atoms with Crippen molar-refractivity contribution in [2.24, 2.45) is 0 Å². The third-order valence-corrected chi connectivity index (χ3v) is 3.31. The molecule has 0 saturated carbocycles. The number of nitrogen functional groups attached to an aromatic ring is 1. The summed E-state index contributed by atoms with van der Waals surface area (Å²) in [5.41, 5.74) is 10.5. The number of benzene rings is 1. The summed E-state index contributed by atoms with van der Waals surface area (Å²) in [6, 6.07) is 5.77. The van der Waals surface area contributed by atoms with E-state index in [0.717, 1.165) is 32.5 Å². The van der Waals surface area contributed by atoms with Gasteiger partial charge in [-0.3, -0.25) is 4.98 Å². The molecule has 0 unspecified atom stereocenters. The summed E-state index contributed by atoms with van der Waals surface area (Å²) in [7, 11) is 0. The summed E-state index contributed by atoms with van der Waals surface area (Å²) >= 11 is 3.43. The minimum absolute atomic E-state index is 0.661. The number of aromatic nitrogens is 3. The number of aromatic amines is 1. The maximum absolute atomic E-state index is 5.96. The normalized spacial score (nSPS) is 11.0. The number of halogens is 1. The van der Waals surface area contributed by atoms with Gasteiger partial charge in [-0.25, -0.2) is 4.98 Å². The van der Waals surface area contributed by atoms with E-state index in [4.69, 9.17) is 5.73 Å². The quantitative estimate of drug-likeness (QED) is 0.678. The first kappa shape index (κ1) is 11.2. The Morgan fingerprint density at radius 2 is 2.17 bits per heavy atom. The lowest BCUT2D eigenvalue weighted by Gasteiger charge is -1.99. The van der Waals surface area contributed by atoms with Crippen molar-refractivity contribution >= 4 is 32.7 Å². The molecule has 0 atom stereocenters. The molecule has 18 heavy (non-hydrogen) atoms. The Kier molecular flexibility index (Phi) is 2.56. The van der Waals surface area contributed by atoms with Crippen LogP contribution in [-0.2, 0) is 0 Å². The second kappa shape index (κ2) is 4.10. The van der Waals surface area contributed by atoms with Crippen molar-refractivity contribution in [1.82, 2.24) is 15.0 Å². The smallest absolute Gasteiger partial charge is 0.138 e. The highest BCUT2D eigenvalue weighted by atomic mass is 79.9. The first-order valence-corrected chi connectivity index (χ1v) is 6.30. The van der Waals surface area contributed by atoms with Crippen molar-refractivity contribution in [1.29, 1.82) is 0 Å². The molecule has 2 aromatic heterocycles. The Labute approximate surface area is 112 Å². The minimum Gasteiger partial charge on any atom is -0.397 e. The van der Waals surface area contributed by atoms with Gasteiger partial charge in [0.05, 0.1) is 11.2 Å². The number of H-pyrrole nitrogens is 1. The van der Waals surface area contributed by atoms with Crippen molar-refractivity contribution in [2.45, 2.75) is 6.92 Å². The second-order valence-corrected chi connectivity index (χ2v) is 5.08. The highest BCUT2D eigenvalue weighted by molar-refractivity contribution is 9.10. The van der Waals surface area contributed by atoms with Crippen LogP contribution in [0.4, 0.5) is 5.69 Å². The lowest BCUT2D eigenvalue weighted by Crippen LogP contribution is -1.87. The van der Waals surface area contributed by atoms with Gasteiger partial charge >= 0.3 is 0 Å². The van der Waals surface area contributed by atoms with Gasteiger partial charge in [-0.1, -0.05) is 15.9 Å². The molecule has 0 fully saturated rings. The number of fused-ring (bicyclic) bond motifs is 1. The number of nitrogens with two attached hydrogens (primary N) is 1. The molecule has 0 radical (unpaired) electrons. The zero-order valence-corrected chi connectivity index (χ0v) is 11.3. The maximum Gasteiger partial charge on any atom is 0.138 e. The fourth-order valence-corrected chi connectivity index (χ4v) is 2.45. The fraction of sp³-hybridized carbons (Fsp3) is 0.0769. The van der Waals surface area contributed by atoms with Crippen LogP contribution in [0.2, 0.25) is 0 Å². The highest BCUT2D eigenvalue weighted by Gasteiger charge is 2.10. The van der Waals surface area contributed by atoms with E-state index in [1.807, 2.05) is 31.3 Å². The number of nitrogens with zero attached hydrogens (tertiary/aromatic N) is 2. The maximum atomic E-state index is 5.96. The van der Waals surface area contributed by atoms with Gasteiger partial charge in [0.2, 0.25) is 0 Å². The minimum atomic E-state index is 0.661. The Balaban J connectivity index is 2.26. The van der Waals surface area contributed by atoms with Gasteiger partial charge in [-0.2, -0.15) is 0 Å². The Morgan fingerprint density at radius 1 is 1.33 bits per heavy atom. The highest BCUT2D eigenvalue weighted by Crippen LogP contribution is 2.28. The number of rotatable bonds is 1. The summed E-state index contributed by atoms with van der Waals surface area (Å²) in [4.78, 5) is 11.9. The van der Waals surface area contributed by atoms with Gasteiger partial charge in [0.1, 0.15) is 11.3 Å². The molecule has 0 aliphatic rings. The van der Waals surface area contributed by atoms with E-state index in [1.54, 1.807) is 6.20 Å². The van der Waals surface area contributed by atoms with Crippen molar-refractivity contribution in [2.75, 3.05) is 5.73 Å². The van der Waals surface area contributed by atoms with E-state index in [9.17, 15) is 0 Å². The van der Waals surface area contributed by atoms with Gasteiger partial charge in [0.25, 0.3) is 0 Å². The van der Waals surface area contributed by atoms with Crippen LogP contribution in [0.25, 0.3) is 22.4 Å². The Bertz CT molecular complexity index is 733. The van der Waals surface area contributed by atoms with E-state index >= 15 is 0 Å². The first-order chi connectivity index (χ1) is 8.65. The number of pyridine rings is 1. The molecule has 0 amide bonds. The van der Waals surface area contributed by atoms with Crippen molar-refractivity contribution in [3.05, 3.63) is 40.6 Å². The first-order valence-electron chi connectivity index (χ1n) is 5.51. The largest absolute Gasteiger partial charge is 0.397 e.